The van der Waals surface area contributed by atoms with Gasteiger partial charge in [0.2, 0.25) is 5.91 Å². The van der Waals surface area contributed by atoms with Gasteiger partial charge in [0.1, 0.15) is 12.1 Å². The number of allylic oxidation sites excluding steroid dienone is 1. The van der Waals surface area contributed by atoms with Crippen molar-refractivity contribution >= 4 is 12.0 Å². The van der Waals surface area contributed by atoms with E-state index in [9.17, 15) is 9.59 Å². The monoisotopic (exact) mass is 314 g/mol. The maximum Gasteiger partial charge on any atom is 0.411 e. The van der Waals surface area contributed by atoms with Gasteiger partial charge in [-0.3, -0.25) is 9.69 Å². The number of hydrogen-bond acceptors (Lipinski definition) is 3. The molecule has 2 aliphatic heterocycles. The highest BCUT2D eigenvalue weighted by Gasteiger charge is 2.41. The van der Waals surface area contributed by atoms with Gasteiger partial charge < -0.3 is 10.1 Å². The second-order valence-electron chi connectivity index (χ2n) is 6.50. The van der Waals surface area contributed by atoms with Crippen molar-refractivity contribution in [2.24, 2.45) is 0 Å². The second-order valence-corrected chi connectivity index (χ2v) is 6.50. The number of hydrogen-bond donors (Lipinski definition) is 1. The molecule has 2 fully saturated rings. The number of nitrogens with zero attached hydrogens (tertiary/aromatic N) is 1. The van der Waals surface area contributed by atoms with Crippen LogP contribution in [0.15, 0.2) is 36.5 Å². The lowest BCUT2D eigenvalue weighted by atomic mass is 9.98. The molecule has 0 saturated carbocycles. The van der Waals surface area contributed by atoms with Crippen LogP contribution in [0.25, 0.3) is 0 Å². The Morgan fingerprint density at radius 2 is 2.13 bits per heavy atom. The summed E-state index contributed by atoms with van der Waals surface area (Å²) in [7, 11) is 0. The third-order valence-electron chi connectivity index (χ3n) is 4.49. The van der Waals surface area contributed by atoms with Gasteiger partial charge in [0, 0.05) is 5.70 Å². The molecular formula is C18H22N2O3. The SMILES string of the molecule is C=C1CCC(N2C[C@H](c3cccc(C(C)C)c3)OC2=O)C(=O)N1. The number of rotatable bonds is 3. The van der Waals surface area contributed by atoms with E-state index in [-0.39, 0.29) is 12.0 Å². The predicted octanol–water partition coefficient (Wildman–Crippen LogP) is 3.10. The zero-order valence-corrected chi connectivity index (χ0v) is 13.5. The Morgan fingerprint density at radius 3 is 2.83 bits per heavy atom. The van der Waals surface area contributed by atoms with E-state index in [2.05, 4.69) is 37.9 Å². The fourth-order valence-corrected chi connectivity index (χ4v) is 3.09. The minimum atomic E-state index is -0.466. The van der Waals surface area contributed by atoms with Crippen LogP contribution in [0.5, 0.6) is 0 Å². The number of benzene rings is 1. The smallest absolute Gasteiger partial charge is 0.411 e. The fourth-order valence-electron chi connectivity index (χ4n) is 3.09. The summed E-state index contributed by atoms with van der Waals surface area (Å²) in [4.78, 5) is 25.8. The van der Waals surface area contributed by atoms with Crippen molar-refractivity contribution in [2.75, 3.05) is 6.54 Å². The van der Waals surface area contributed by atoms with E-state index >= 15 is 0 Å². The van der Waals surface area contributed by atoms with Crippen molar-refractivity contribution in [1.29, 1.82) is 0 Å². The normalized spacial score (nSPS) is 24.8. The maximum absolute atomic E-state index is 12.2. The van der Waals surface area contributed by atoms with Crippen LogP contribution in [-0.2, 0) is 9.53 Å². The molecule has 23 heavy (non-hydrogen) atoms. The van der Waals surface area contributed by atoms with Gasteiger partial charge in [-0.05, 0) is 29.9 Å². The van der Waals surface area contributed by atoms with Gasteiger partial charge in [0.25, 0.3) is 0 Å². The fraction of sp³-hybridized carbons (Fsp3) is 0.444. The Kier molecular flexibility index (Phi) is 4.11. The molecule has 1 aromatic rings. The molecule has 122 valence electrons. The summed E-state index contributed by atoms with van der Waals surface area (Å²) in [6.07, 6.45) is 0.545. The first kappa shape index (κ1) is 15.6. The van der Waals surface area contributed by atoms with Gasteiger partial charge in [-0.25, -0.2) is 4.79 Å². The second kappa shape index (κ2) is 6.07. The van der Waals surface area contributed by atoms with Gasteiger partial charge in [-0.1, -0.05) is 44.7 Å². The highest BCUT2D eigenvalue weighted by Crippen LogP contribution is 2.31. The Labute approximate surface area is 136 Å². The van der Waals surface area contributed by atoms with E-state index in [0.717, 1.165) is 5.56 Å². The van der Waals surface area contributed by atoms with E-state index in [1.54, 1.807) is 0 Å². The highest BCUT2D eigenvalue weighted by atomic mass is 16.6. The average Bonchev–Trinajstić information content (AvgIpc) is 2.89. The summed E-state index contributed by atoms with van der Waals surface area (Å²) in [6.45, 7) is 8.43. The third kappa shape index (κ3) is 3.09. The van der Waals surface area contributed by atoms with Gasteiger partial charge in [-0.2, -0.15) is 0 Å². The number of cyclic esters (lactones) is 1. The molecule has 2 saturated heterocycles. The number of carbonyl (C=O) groups excluding carboxylic acids is 2. The van der Waals surface area contributed by atoms with Gasteiger partial charge in [0.05, 0.1) is 6.54 Å². The van der Waals surface area contributed by atoms with Crippen LogP contribution in [0.4, 0.5) is 4.79 Å². The van der Waals surface area contributed by atoms with Crippen molar-refractivity contribution in [3.8, 4) is 0 Å². The van der Waals surface area contributed by atoms with Crippen molar-refractivity contribution in [1.82, 2.24) is 10.2 Å². The minimum absolute atomic E-state index is 0.171. The summed E-state index contributed by atoms with van der Waals surface area (Å²) < 4.78 is 5.51. The predicted molar refractivity (Wildman–Crippen MR) is 86.8 cm³/mol. The lowest BCUT2D eigenvalue weighted by molar-refractivity contribution is -0.125. The number of ether oxygens (including phenoxy) is 1. The van der Waals surface area contributed by atoms with Crippen LogP contribution in [0.2, 0.25) is 0 Å². The average molecular weight is 314 g/mol. The molecule has 0 aromatic heterocycles. The topological polar surface area (TPSA) is 58.6 Å². The Balaban J connectivity index is 1.76. The molecule has 2 amide bonds. The highest BCUT2D eigenvalue weighted by molar-refractivity contribution is 5.88. The number of piperidine rings is 1. The lowest BCUT2D eigenvalue weighted by Crippen LogP contribution is -2.49. The maximum atomic E-state index is 12.2. The minimum Gasteiger partial charge on any atom is -0.439 e. The van der Waals surface area contributed by atoms with Crippen molar-refractivity contribution in [3.63, 3.8) is 0 Å². The van der Waals surface area contributed by atoms with Crippen LogP contribution in [0.3, 0.4) is 0 Å². The summed E-state index contributed by atoms with van der Waals surface area (Å²) in [6, 6.07) is 7.64. The van der Waals surface area contributed by atoms with E-state index < -0.39 is 12.1 Å². The van der Waals surface area contributed by atoms with Crippen LogP contribution in [0, 0.1) is 0 Å². The molecular weight excluding hydrogens is 292 g/mol. The quantitative estimate of drug-likeness (QED) is 0.932. The Morgan fingerprint density at radius 1 is 1.35 bits per heavy atom. The number of nitrogens with one attached hydrogen (secondary N) is 1. The Hall–Kier alpha value is -2.30. The van der Waals surface area contributed by atoms with Crippen LogP contribution in [0.1, 0.15) is 49.8 Å². The van der Waals surface area contributed by atoms with E-state index in [1.165, 1.54) is 10.5 Å². The molecule has 1 N–H and O–H groups in total. The van der Waals surface area contributed by atoms with E-state index in [4.69, 9.17) is 4.74 Å². The molecule has 2 aliphatic rings. The molecule has 0 radical (unpaired) electrons. The van der Waals surface area contributed by atoms with Crippen molar-refractivity contribution in [2.45, 2.75) is 44.8 Å². The molecule has 2 atom stereocenters. The van der Waals surface area contributed by atoms with E-state index in [0.29, 0.717) is 31.0 Å². The summed E-state index contributed by atoms with van der Waals surface area (Å²) in [5.74, 6) is 0.244. The molecule has 0 spiro atoms. The van der Waals surface area contributed by atoms with Crippen LogP contribution >= 0.6 is 0 Å². The zero-order chi connectivity index (χ0) is 16.6. The molecule has 3 rings (SSSR count). The molecule has 2 heterocycles. The van der Waals surface area contributed by atoms with Gasteiger partial charge >= 0.3 is 6.09 Å². The largest absolute Gasteiger partial charge is 0.439 e. The molecule has 1 unspecified atom stereocenters. The molecule has 1 aromatic carbocycles. The van der Waals surface area contributed by atoms with Gasteiger partial charge in [0.15, 0.2) is 0 Å². The van der Waals surface area contributed by atoms with E-state index in [1.807, 2.05) is 12.1 Å². The van der Waals surface area contributed by atoms with Gasteiger partial charge in [-0.15, -0.1) is 0 Å². The lowest BCUT2D eigenvalue weighted by Gasteiger charge is -2.29. The third-order valence-corrected chi connectivity index (χ3v) is 4.49. The molecule has 5 nitrogen and oxygen atoms in total. The van der Waals surface area contributed by atoms with Crippen LogP contribution in [-0.4, -0.2) is 29.5 Å². The molecule has 0 aliphatic carbocycles. The number of amides is 2. The first-order valence-electron chi connectivity index (χ1n) is 8.01. The van der Waals surface area contributed by atoms with Crippen molar-refractivity contribution in [3.05, 3.63) is 47.7 Å². The Bertz CT molecular complexity index is 653. The summed E-state index contributed by atoms with van der Waals surface area (Å²) >= 11 is 0. The summed E-state index contributed by atoms with van der Waals surface area (Å²) in [5.41, 5.74) is 2.90. The molecule has 5 heteroatoms. The molecule has 0 bridgehead atoms. The summed E-state index contributed by atoms with van der Waals surface area (Å²) in [5, 5.41) is 2.72. The first-order valence-corrected chi connectivity index (χ1v) is 8.01. The zero-order valence-electron chi connectivity index (χ0n) is 13.5. The first-order chi connectivity index (χ1) is 11.0. The number of carbonyl (C=O) groups is 2. The van der Waals surface area contributed by atoms with Crippen molar-refractivity contribution < 1.29 is 14.3 Å². The van der Waals surface area contributed by atoms with Crippen LogP contribution < -0.4 is 5.32 Å². The standard InChI is InChI=1S/C18H22N2O3/c1-11(2)13-5-4-6-14(9-13)16-10-20(18(22)23-16)15-8-7-12(3)19-17(15)21/h4-6,9,11,15-16H,3,7-8,10H2,1-2H3,(H,19,21)/t15?,16-/m1/s1.